The fraction of sp³-hybridized carbons (Fsp3) is 0.364. The Bertz CT molecular complexity index is 392. The van der Waals surface area contributed by atoms with Crippen LogP contribution >= 0.6 is 15.9 Å². The zero-order valence-electron chi connectivity index (χ0n) is 8.72. The summed E-state index contributed by atoms with van der Waals surface area (Å²) >= 11 is 3.29. The lowest BCUT2D eigenvalue weighted by Gasteiger charge is -2.17. The Labute approximate surface area is 102 Å². The van der Waals surface area contributed by atoms with Crippen molar-refractivity contribution in [3.05, 3.63) is 33.8 Å². The van der Waals surface area contributed by atoms with E-state index in [9.17, 15) is 15.0 Å². The van der Waals surface area contributed by atoms with Crippen LogP contribution in [0.2, 0.25) is 0 Å². The van der Waals surface area contributed by atoms with Crippen LogP contribution in [-0.4, -0.2) is 27.4 Å². The zero-order chi connectivity index (χ0) is 12.3. The molecule has 4 nitrogen and oxygen atoms in total. The summed E-state index contributed by atoms with van der Waals surface area (Å²) in [6.45, 7) is 1.89. The van der Waals surface area contributed by atoms with Crippen molar-refractivity contribution >= 4 is 21.9 Å². The van der Waals surface area contributed by atoms with Gasteiger partial charge in [-0.15, -0.1) is 0 Å². The Morgan fingerprint density at radius 1 is 1.44 bits per heavy atom. The van der Waals surface area contributed by atoms with Gasteiger partial charge in [0.15, 0.2) is 6.10 Å². The first-order chi connectivity index (χ1) is 7.47. The van der Waals surface area contributed by atoms with Crippen LogP contribution in [0.3, 0.4) is 0 Å². The first-order valence-electron chi connectivity index (χ1n) is 4.84. The van der Waals surface area contributed by atoms with Gasteiger partial charge in [-0.25, -0.2) is 4.79 Å². The lowest BCUT2D eigenvalue weighted by molar-refractivity contribution is -0.153. The minimum absolute atomic E-state index is 0.445. The number of hydrogen-bond donors (Lipinski definition) is 3. The molecule has 0 saturated carbocycles. The zero-order valence-corrected chi connectivity index (χ0v) is 10.3. The Morgan fingerprint density at radius 2 is 2.06 bits per heavy atom. The number of carboxylic acids is 1. The Hall–Kier alpha value is -0.910. The van der Waals surface area contributed by atoms with E-state index in [0.29, 0.717) is 12.0 Å². The maximum atomic E-state index is 10.6. The van der Waals surface area contributed by atoms with Crippen molar-refractivity contribution < 1.29 is 20.1 Å². The fourth-order valence-electron chi connectivity index (χ4n) is 1.47. The second kappa shape index (κ2) is 5.43. The summed E-state index contributed by atoms with van der Waals surface area (Å²) in [5.41, 5.74) is 1.25. The van der Waals surface area contributed by atoms with E-state index in [1.165, 1.54) is 0 Å². The van der Waals surface area contributed by atoms with Gasteiger partial charge in [0.05, 0.1) is 0 Å². The molecule has 0 saturated heterocycles. The molecule has 0 spiro atoms. The number of aryl methyl sites for hydroxylation is 1. The molecule has 88 valence electrons. The minimum Gasteiger partial charge on any atom is -0.479 e. The highest BCUT2D eigenvalue weighted by atomic mass is 79.9. The third-order valence-corrected chi connectivity index (χ3v) is 2.85. The van der Waals surface area contributed by atoms with Crippen LogP contribution in [0, 0.1) is 0 Å². The van der Waals surface area contributed by atoms with Crippen LogP contribution in [0.15, 0.2) is 22.7 Å². The van der Waals surface area contributed by atoms with Crippen LogP contribution in [0.5, 0.6) is 0 Å². The molecule has 1 aromatic carbocycles. The SMILES string of the molecule is CCc1cc(Br)ccc1C(O)C(O)C(=O)O. The van der Waals surface area contributed by atoms with Crippen molar-refractivity contribution in [1.82, 2.24) is 0 Å². The van der Waals surface area contributed by atoms with Gasteiger partial charge >= 0.3 is 5.97 Å². The molecule has 0 radical (unpaired) electrons. The van der Waals surface area contributed by atoms with Gasteiger partial charge in [0, 0.05) is 4.47 Å². The molecule has 0 aliphatic rings. The van der Waals surface area contributed by atoms with E-state index < -0.39 is 18.2 Å². The molecule has 0 heterocycles. The summed E-state index contributed by atoms with van der Waals surface area (Å²) in [5.74, 6) is -1.43. The maximum Gasteiger partial charge on any atom is 0.335 e. The molecule has 1 rings (SSSR count). The monoisotopic (exact) mass is 288 g/mol. The summed E-state index contributed by atoms with van der Waals surface area (Å²) in [4.78, 5) is 10.6. The van der Waals surface area contributed by atoms with Crippen molar-refractivity contribution in [3.63, 3.8) is 0 Å². The summed E-state index contributed by atoms with van der Waals surface area (Å²) < 4.78 is 0.852. The van der Waals surface area contributed by atoms with E-state index in [4.69, 9.17) is 5.11 Å². The molecule has 2 unspecified atom stereocenters. The Balaban J connectivity index is 3.07. The number of aliphatic hydroxyl groups excluding tert-OH is 2. The summed E-state index contributed by atoms with van der Waals surface area (Å²) in [6, 6.07) is 5.11. The molecule has 0 aliphatic heterocycles. The third-order valence-electron chi connectivity index (χ3n) is 2.36. The van der Waals surface area contributed by atoms with Gasteiger partial charge in [-0.1, -0.05) is 28.9 Å². The van der Waals surface area contributed by atoms with Crippen LogP contribution in [-0.2, 0) is 11.2 Å². The molecule has 0 fully saturated rings. The Morgan fingerprint density at radius 3 is 2.56 bits per heavy atom. The average molecular weight is 289 g/mol. The second-order valence-electron chi connectivity index (χ2n) is 3.42. The average Bonchev–Trinajstić information content (AvgIpc) is 2.26. The Kier molecular flexibility index (Phi) is 4.46. The number of rotatable bonds is 4. The lowest BCUT2D eigenvalue weighted by atomic mass is 9.97. The van der Waals surface area contributed by atoms with Gasteiger partial charge in [0.25, 0.3) is 0 Å². The molecule has 0 amide bonds. The van der Waals surface area contributed by atoms with Gasteiger partial charge in [0.1, 0.15) is 6.10 Å². The number of carboxylic acid groups (broad SMARTS) is 1. The molecule has 16 heavy (non-hydrogen) atoms. The molecule has 2 atom stereocenters. The highest BCUT2D eigenvalue weighted by molar-refractivity contribution is 9.10. The topological polar surface area (TPSA) is 77.8 Å². The number of aliphatic carboxylic acids is 1. The first kappa shape index (κ1) is 13.2. The van der Waals surface area contributed by atoms with Gasteiger partial charge in [-0.05, 0) is 29.7 Å². The molecule has 0 aliphatic carbocycles. The second-order valence-corrected chi connectivity index (χ2v) is 4.34. The quantitative estimate of drug-likeness (QED) is 0.784. The van der Waals surface area contributed by atoms with Crippen molar-refractivity contribution in [2.75, 3.05) is 0 Å². The largest absolute Gasteiger partial charge is 0.479 e. The molecule has 0 bridgehead atoms. The van der Waals surface area contributed by atoms with Gasteiger partial charge in [0.2, 0.25) is 0 Å². The van der Waals surface area contributed by atoms with E-state index in [2.05, 4.69) is 15.9 Å². The summed E-state index contributed by atoms with van der Waals surface area (Å²) in [7, 11) is 0. The van der Waals surface area contributed by atoms with Crippen LogP contribution < -0.4 is 0 Å². The molecular weight excluding hydrogens is 276 g/mol. The smallest absolute Gasteiger partial charge is 0.335 e. The number of hydrogen-bond acceptors (Lipinski definition) is 3. The van der Waals surface area contributed by atoms with Crippen LogP contribution in [0.25, 0.3) is 0 Å². The number of benzene rings is 1. The van der Waals surface area contributed by atoms with Crippen molar-refractivity contribution in [3.8, 4) is 0 Å². The fourth-order valence-corrected chi connectivity index (χ4v) is 1.88. The van der Waals surface area contributed by atoms with Gasteiger partial charge in [-0.2, -0.15) is 0 Å². The van der Waals surface area contributed by atoms with Crippen LogP contribution in [0.4, 0.5) is 0 Å². The summed E-state index contributed by atoms with van der Waals surface area (Å²) in [6.07, 6.45) is -2.55. The predicted molar refractivity (Wildman–Crippen MR) is 62.1 cm³/mol. The highest BCUT2D eigenvalue weighted by Crippen LogP contribution is 2.25. The van der Waals surface area contributed by atoms with E-state index in [-0.39, 0.29) is 0 Å². The number of halogens is 1. The third kappa shape index (κ3) is 2.81. The first-order valence-corrected chi connectivity index (χ1v) is 5.64. The highest BCUT2D eigenvalue weighted by Gasteiger charge is 2.26. The van der Waals surface area contributed by atoms with E-state index in [1.54, 1.807) is 18.2 Å². The van der Waals surface area contributed by atoms with E-state index >= 15 is 0 Å². The van der Waals surface area contributed by atoms with Crippen molar-refractivity contribution in [2.45, 2.75) is 25.6 Å². The summed E-state index contributed by atoms with van der Waals surface area (Å²) in [5, 5.41) is 27.6. The maximum absolute atomic E-state index is 10.6. The van der Waals surface area contributed by atoms with E-state index in [0.717, 1.165) is 10.0 Å². The molecule has 3 N–H and O–H groups in total. The minimum atomic E-state index is -1.80. The lowest BCUT2D eigenvalue weighted by Crippen LogP contribution is -2.28. The van der Waals surface area contributed by atoms with Crippen molar-refractivity contribution in [2.24, 2.45) is 0 Å². The molecule has 0 aromatic heterocycles. The predicted octanol–water partition coefficient (Wildman–Crippen LogP) is 1.49. The van der Waals surface area contributed by atoms with Crippen molar-refractivity contribution in [1.29, 1.82) is 0 Å². The van der Waals surface area contributed by atoms with Gasteiger partial charge < -0.3 is 15.3 Å². The normalized spacial score (nSPS) is 14.5. The standard InChI is InChI=1S/C11H13BrO4/c1-2-6-5-7(12)3-4-8(6)9(13)10(14)11(15)16/h3-5,9-10,13-14H,2H2,1H3,(H,15,16). The van der Waals surface area contributed by atoms with E-state index in [1.807, 2.05) is 6.92 Å². The molecular formula is C11H13BrO4. The molecule has 1 aromatic rings. The molecule has 5 heteroatoms. The number of carbonyl (C=O) groups is 1. The van der Waals surface area contributed by atoms with Crippen LogP contribution in [0.1, 0.15) is 24.2 Å². The number of aliphatic hydroxyl groups is 2. The van der Waals surface area contributed by atoms with Gasteiger partial charge in [-0.3, -0.25) is 0 Å².